The fourth-order valence-corrected chi connectivity index (χ4v) is 2.94. The van der Waals surface area contributed by atoms with Crippen LogP contribution in [0.1, 0.15) is 19.4 Å². The average Bonchev–Trinajstić information content (AvgIpc) is 3.10. The summed E-state index contributed by atoms with van der Waals surface area (Å²) in [5.41, 5.74) is 3.60. The smallest absolute Gasteiger partial charge is 0.132 e. The summed E-state index contributed by atoms with van der Waals surface area (Å²) in [6, 6.07) is 9.83. The number of anilines is 1. The van der Waals surface area contributed by atoms with Crippen LogP contribution in [0, 0.1) is 0 Å². The largest absolute Gasteiger partial charge is 0.386 e. The lowest BCUT2D eigenvalue weighted by atomic mass is 9.97. The number of fused-ring (bicyclic) bond motifs is 3. The van der Waals surface area contributed by atoms with Crippen molar-refractivity contribution in [2.24, 2.45) is 0 Å². The van der Waals surface area contributed by atoms with Gasteiger partial charge >= 0.3 is 0 Å². The normalized spacial score (nSPS) is 13.0. The first-order valence-corrected chi connectivity index (χ1v) is 7.50. The number of hydrogen-bond donors (Lipinski definition) is 3. The molecule has 3 N–H and O–H groups in total. The summed E-state index contributed by atoms with van der Waals surface area (Å²) in [7, 11) is 0. The molecule has 0 unspecified atom stereocenters. The van der Waals surface area contributed by atoms with Crippen LogP contribution in [0.5, 0.6) is 0 Å². The predicted octanol–water partition coefficient (Wildman–Crippen LogP) is 1.67. The Kier molecular flexibility index (Phi) is 2.77. The van der Waals surface area contributed by atoms with Gasteiger partial charge < -0.3 is 15.4 Å². The topological polar surface area (TPSA) is 65.9 Å². The Hall–Kier alpha value is -2.79. The van der Waals surface area contributed by atoms with Gasteiger partial charge in [-0.05, 0) is 25.5 Å². The van der Waals surface area contributed by atoms with E-state index in [9.17, 15) is 5.11 Å². The molecule has 1 aromatic carbocycles. The van der Waals surface area contributed by atoms with Gasteiger partial charge in [0.05, 0.1) is 22.3 Å². The summed E-state index contributed by atoms with van der Waals surface area (Å²) in [5.74, 6) is 0.934. The number of nitrogens with zero attached hydrogens (tertiary/aromatic N) is 2. The number of hydrogen-bond acceptors (Lipinski definition) is 3. The zero-order valence-electron chi connectivity index (χ0n) is 13.1. The highest BCUT2D eigenvalue weighted by Crippen LogP contribution is 2.24. The maximum atomic E-state index is 10.1. The van der Waals surface area contributed by atoms with Crippen LogP contribution in [-0.4, -0.2) is 19.6 Å². The maximum absolute atomic E-state index is 10.1. The molecule has 0 bridgehead atoms. The lowest BCUT2D eigenvalue weighted by Crippen LogP contribution is -2.29. The standard InChI is InChI=1S/C18H18N4O/c1-11-21-16(12-4-6-13(7-5-12)18(2,3)23)15-10-20-17-14(22(11)15)8-9-19-17/h4-10,19-20,23H,1H2,2-3H3. The van der Waals surface area contributed by atoms with Crippen LogP contribution in [0.4, 0.5) is 5.82 Å². The minimum Gasteiger partial charge on any atom is -0.386 e. The molecule has 3 heterocycles. The van der Waals surface area contributed by atoms with Crippen molar-refractivity contribution in [3.05, 3.63) is 52.9 Å². The number of benzene rings is 1. The Morgan fingerprint density at radius 2 is 1.91 bits per heavy atom. The van der Waals surface area contributed by atoms with Crippen molar-refractivity contribution in [3.8, 4) is 16.9 Å². The van der Waals surface area contributed by atoms with E-state index in [2.05, 4.69) is 21.9 Å². The molecule has 0 amide bonds. The quantitative estimate of drug-likeness (QED) is 0.675. The van der Waals surface area contributed by atoms with E-state index in [1.165, 1.54) is 0 Å². The van der Waals surface area contributed by atoms with Gasteiger partial charge in [-0.2, -0.15) is 0 Å². The molecule has 0 spiro atoms. The number of H-pyrrole nitrogens is 1. The molecule has 4 rings (SSSR count). The minimum atomic E-state index is -0.850. The van der Waals surface area contributed by atoms with Gasteiger partial charge in [-0.15, -0.1) is 0 Å². The van der Waals surface area contributed by atoms with Crippen molar-refractivity contribution >= 4 is 18.6 Å². The molecule has 0 saturated carbocycles. The number of aromatic nitrogens is 3. The Bertz CT molecular complexity index is 987. The highest BCUT2D eigenvalue weighted by Gasteiger charge is 2.19. The summed E-state index contributed by atoms with van der Waals surface area (Å²) in [6.45, 7) is 7.62. The first-order chi connectivity index (χ1) is 10.9. The summed E-state index contributed by atoms with van der Waals surface area (Å²) >= 11 is 0. The third kappa shape index (κ3) is 2.09. The van der Waals surface area contributed by atoms with E-state index < -0.39 is 5.60 Å². The van der Waals surface area contributed by atoms with Crippen LogP contribution in [0.3, 0.4) is 0 Å². The molecule has 5 heteroatoms. The first kappa shape index (κ1) is 13.8. The van der Waals surface area contributed by atoms with Crippen LogP contribution in [0.2, 0.25) is 0 Å². The molecular formula is C18H18N4O. The van der Waals surface area contributed by atoms with E-state index >= 15 is 0 Å². The van der Waals surface area contributed by atoms with Gasteiger partial charge in [-0.3, -0.25) is 4.57 Å². The third-order valence-electron chi connectivity index (χ3n) is 4.17. The number of rotatable bonds is 2. The molecule has 1 aliphatic rings. The summed E-state index contributed by atoms with van der Waals surface area (Å²) in [6.07, 6.45) is 3.82. The summed E-state index contributed by atoms with van der Waals surface area (Å²) < 4.78 is 2.03. The number of nitrogens with one attached hydrogen (secondary N) is 2. The molecule has 2 aromatic heterocycles. The SMILES string of the molecule is C=c1nc(-c2ccc(C(C)(C)O)cc2)c2n1-c1cc[nH]c1NC=2. The molecule has 23 heavy (non-hydrogen) atoms. The third-order valence-corrected chi connectivity index (χ3v) is 4.17. The van der Waals surface area contributed by atoms with Gasteiger partial charge in [0.15, 0.2) is 0 Å². The number of aliphatic hydroxyl groups is 1. The lowest BCUT2D eigenvalue weighted by molar-refractivity contribution is 0.0786. The lowest BCUT2D eigenvalue weighted by Gasteiger charge is -2.17. The molecule has 0 radical (unpaired) electrons. The Labute approximate surface area is 133 Å². The zero-order valence-corrected chi connectivity index (χ0v) is 13.1. The molecule has 3 aromatic rings. The van der Waals surface area contributed by atoms with Crippen LogP contribution in [0.25, 0.3) is 29.7 Å². The number of imidazole rings is 1. The van der Waals surface area contributed by atoms with E-state index in [1.807, 2.05) is 47.3 Å². The predicted molar refractivity (Wildman–Crippen MR) is 91.5 cm³/mol. The van der Waals surface area contributed by atoms with Gasteiger partial charge in [-0.25, -0.2) is 4.98 Å². The molecular weight excluding hydrogens is 288 g/mol. The van der Waals surface area contributed by atoms with Crippen molar-refractivity contribution in [2.45, 2.75) is 19.4 Å². The van der Waals surface area contributed by atoms with Gasteiger partial charge in [0.1, 0.15) is 11.3 Å². The summed E-state index contributed by atoms with van der Waals surface area (Å²) in [5, 5.41) is 14.3. The second-order valence-electron chi connectivity index (χ2n) is 6.26. The van der Waals surface area contributed by atoms with Gasteiger partial charge in [0.25, 0.3) is 0 Å². The van der Waals surface area contributed by atoms with E-state index in [0.717, 1.165) is 33.7 Å². The van der Waals surface area contributed by atoms with Crippen LogP contribution in [0.15, 0.2) is 36.5 Å². The van der Waals surface area contributed by atoms with Crippen molar-refractivity contribution in [2.75, 3.05) is 5.32 Å². The highest BCUT2D eigenvalue weighted by molar-refractivity contribution is 5.71. The molecule has 1 aliphatic heterocycles. The van der Waals surface area contributed by atoms with Gasteiger partial charge in [0, 0.05) is 18.0 Å². The molecule has 0 fully saturated rings. The Morgan fingerprint density at radius 3 is 2.61 bits per heavy atom. The molecule has 5 nitrogen and oxygen atoms in total. The van der Waals surface area contributed by atoms with E-state index in [-0.39, 0.29) is 0 Å². The van der Waals surface area contributed by atoms with E-state index in [0.29, 0.717) is 5.48 Å². The average molecular weight is 306 g/mol. The van der Waals surface area contributed by atoms with Crippen LogP contribution in [-0.2, 0) is 5.60 Å². The van der Waals surface area contributed by atoms with Crippen LogP contribution < -0.4 is 16.1 Å². The first-order valence-electron chi connectivity index (χ1n) is 7.50. The van der Waals surface area contributed by atoms with Crippen LogP contribution >= 0.6 is 0 Å². The Balaban J connectivity index is 1.87. The monoisotopic (exact) mass is 306 g/mol. The molecule has 0 aliphatic carbocycles. The molecule has 116 valence electrons. The second kappa shape index (κ2) is 4.60. The molecule has 0 saturated heterocycles. The Morgan fingerprint density at radius 1 is 1.17 bits per heavy atom. The fourth-order valence-electron chi connectivity index (χ4n) is 2.94. The van der Waals surface area contributed by atoms with Gasteiger partial charge in [0.2, 0.25) is 0 Å². The van der Waals surface area contributed by atoms with Crippen molar-refractivity contribution in [1.82, 2.24) is 14.5 Å². The maximum Gasteiger partial charge on any atom is 0.132 e. The van der Waals surface area contributed by atoms with E-state index in [1.54, 1.807) is 13.8 Å². The van der Waals surface area contributed by atoms with Crippen molar-refractivity contribution in [3.63, 3.8) is 0 Å². The van der Waals surface area contributed by atoms with E-state index in [4.69, 9.17) is 0 Å². The summed E-state index contributed by atoms with van der Waals surface area (Å²) in [4.78, 5) is 7.79. The zero-order chi connectivity index (χ0) is 16.2. The van der Waals surface area contributed by atoms with Crippen molar-refractivity contribution < 1.29 is 5.11 Å². The molecule has 0 atom stereocenters. The van der Waals surface area contributed by atoms with Crippen molar-refractivity contribution in [1.29, 1.82) is 0 Å². The highest BCUT2D eigenvalue weighted by atomic mass is 16.3. The fraction of sp³-hybridized carbons (Fsp3) is 0.167. The van der Waals surface area contributed by atoms with Gasteiger partial charge in [-0.1, -0.05) is 30.8 Å². The minimum absolute atomic E-state index is 0.695. The number of aromatic amines is 1. The second-order valence-corrected chi connectivity index (χ2v) is 6.26.